The first-order chi connectivity index (χ1) is 18.4. The Balaban J connectivity index is 2.27. The van der Waals surface area contributed by atoms with Crippen molar-refractivity contribution in [1.29, 1.82) is 0 Å². The molecule has 3 rings (SSSR count). The van der Waals surface area contributed by atoms with Gasteiger partial charge in [0.25, 0.3) is 0 Å². The fourth-order valence-corrected chi connectivity index (χ4v) is 4.82. The molecule has 0 radical (unpaired) electrons. The van der Waals surface area contributed by atoms with Crippen molar-refractivity contribution in [3.8, 4) is 5.75 Å². The summed E-state index contributed by atoms with van der Waals surface area (Å²) in [5, 5.41) is 0. The van der Waals surface area contributed by atoms with Gasteiger partial charge in [-0.05, 0) is 50.3 Å². The van der Waals surface area contributed by atoms with Crippen molar-refractivity contribution < 1.29 is 54.9 Å². The molecule has 0 atom stereocenters. The van der Waals surface area contributed by atoms with E-state index in [1.165, 1.54) is 6.07 Å². The number of rotatable bonds is 5. The largest absolute Gasteiger partial charge is 0.491 e. The van der Waals surface area contributed by atoms with Crippen LogP contribution < -0.4 is 9.64 Å². The van der Waals surface area contributed by atoms with E-state index in [1.807, 2.05) is 7.05 Å². The summed E-state index contributed by atoms with van der Waals surface area (Å²) in [4.78, 5) is 39.9. The summed E-state index contributed by atoms with van der Waals surface area (Å²) >= 11 is 0. The SMILES string of the molecule is CN1CCC(Oc2ccc(C(=O)OC(=O)C(F)(F)F)c(N(C(=O)C(F)(F)F)C3CCOCC3)c2C(C)(C)C)CC1. The number of esters is 2. The van der Waals surface area contributed by atoms with Crippen LogP contribution in [0.4, 0.5) is 32.0 Å². The predicted octanol–water partition coefficient (Wildman–Crippen LogP) is 4.78. The number of nitrogens with zero attached hydrogens (tertiary/aromatic N) is 2. The van der Waals surface area contributed by atoms with E-state index in [2.05, 4.69) is 9.64 Å². The van der Waals surface area contributed by atoms with Crippen LogP contribution in [0.15, 0.2) is 12.1 Å². The number of alkyl halides is 6. The smallest absolute Gasteiger partial charge is 0.490 e. The molecule has 2 fully saturated rings. The number of halogens is 6. The van der Waals surface area contributed by atoms with E-state index in [4.69, 9.17) is 9.47 Å². The van der Waals surface area contributed by atoms with Crippen molar-refractivity contribution in [2.45, 2.75) is 76.4 Å². The number of ether oxygens (including phenoxy) is 3. The standard InChI is InChI=1S/C26H32F6N2O6/c1-24(2,3)19-18(39-16-7-11-33(4)12-8-16)6-5-17(21(35)40-23(37)26(30,31)32)20(19)34(22(36)25(27,28)29)15-9-13-38-14-10-15/h5-6,15-16H,7-14H2,1-4H3. The summed E-state index contributed by atoms with van der Waals surface area (Å²) in [6, 6.07) is 1.06. The van der Waals surface area contributed by atoms with Crippen molar-refractivity contribution >= 4 is 23.5 Å². The summed E-state index contributed by atoms with van der Waals surface area (Å²) in [7, 11) is 1.92. The Labute approximate surface area is 227 Å². The maximum Gasteiger partial charge on any atom is 0.491 e. The summed E-state index contributed by atoms with van der Waals surface area (Å²) < 4.78 is 96.2. The molecule has 1 amide bonds. The Hall–Kier alpha value is -2.87. The summed E-state index contributed by atoms with van der Waals surface area (Å²) in [6.45, 7) is 6.20. The van der Waals surface area contributed by atoms with Crippen molar-refractivity contribution in [1.82, 2.24) is 4.90 Å². The van der Waals surface area contributed by atoms with Gasteiger partial charge in [-0.2, -0.15) is 26.3 Å². The molecule has 2 aliphatic heterocycles. The minimum Gasteiger partial charge on any atom is -0.490 e. The molecular weight excluding hydrogens is 550 g/mol. The predicted molar refractivity (Wildman–Crippen MR) is 130 cm³/mol. The third-order valence-electron chi connectivity index (χ3n) is 6.74. The first-order valence-corrected chi connectivity index (χ1v) is 12.8. The molecule has 1 aromatic carbocycles. The fraction of sp³-hybridized carbons (Fsp3) is 0.654. The Kier molecular flexibility index (Phi) is 9.44. The normalized spacial score (nSPS) is 18.4. The lowest BCUT2D eigenvalue weighted by atomic mass is 9.82. The molecule has 8 nitrogen and oxygen atoms in total. The van der Waals surface area contributed by atoms with E-state index in [9.17, 15) is 40.7 Å². The molecule has 40 heavy (non-hydrogen) atoms. The molecule has 2 aliphatic rings. The number of carbonyl (C=O) groups is 3. The summed E-state index contributed by atoms with van der Waals surface area (Å²) in [5.74, 6) is -6.94. The number of piperidine rings is 1. The van der Waals surface area contributed by atoms with Gasteiger partial charge in [-0.3, -0.25) is 4.79 Å². The number of hydrogen-bond acceptors (Lipinski definition) is 7. The molecule has 14 heteroatoms. The number of amides is 1. The highest BCUT2D eigenvalue weighted by Gasteiger charge is 2.49. The van der Waals surface area contributed by atoms with Crippen LogP contribution in [0, 0.1) is 0 Å². The molecular formula is C26H32F6N2O6. The maximum atomic E-state index is 14.0. The van der Waals surface area contributed by atoms with Gasteiger partial charge in [-0.1, -0.05) is 20.8 Å². The minimum absolute atomic E-state index is 0.00920. The van der Waals surface area contributed by atoms with E-state index >= 15 is 0 Å². The third kappa shape index (κ3) is 7.45. The fourth-order valence-electron chi connectivity index (χ4n) is 4.82. The van der Waals surface area contributed by atoms with Gasteiger partial charge in [0.1, 0.15) is 11.9 Å². The number of benzene rings is 1. The van der Waals surface area contributed by atoms with Crippen molar-refractivity contribution in [2.24, 2.45) is 0 Å². The third-order valence-corrected chi connectivity index (χ3v) is 6.74. The highest BCUT2D eigenvalue weighted by atomic mass is 19.4. The van der Waals surface area contributed by atoms with Gasteiger partial charge < -0.3 is 24.0 Å². The molecule has 0 saturated carbocycles. The lowest BCUT2D eigenvalue weighted by Gasteiger charge is -2.39. The van der Waals surface area contributed by atoms with Crippen LogP contribution in [-0.4, -0.2) is 80.6 Å². The lowest BCUT2D eigenvalue weighted by Crippen LogP contribution is -2.51. The van der Waals surface area contributed by atoms with Crippen LogP contribution in [0.2, 0.25) is 0 Å². The van der Waals surface area contributed by atoms with E-state index in [0.717, 1.165) is 6.07 Å². The van der Waals surface area contributed by atoms with Crippen LogP contribution in [0.5, 0.6) is 5.75 Å². The van der Waals surface area contributed by atoms with Gasteiger partial charge in [0.15, 0.2) is 0 Å². The Bertz CT molecular complexity index is 1100. The van der Waals surface area contributed by atoms with Crippen LogP contribution in [0.3, 0.4) is 0 Å². The van der Waals surface area contributed by atoms with E-state index in [1.54, 1.807) is 20.8 Å². The second-order valence-electron chi connectivity index (χ2n) is 10.9. The number of likely N-dealkylation sites (tertiary alicyclic amines) is 1. The highest BCUT2D eigenvalue weighted by molar-refractivity contribution is 6.08. The minimum atomic E-state index is -5.54. The van der Waals surface area contributed by atoms with Crippen LogP contribution >= 0.6 is 0 Å². The van der Waals surface area contributed by atoms with Gasteiger partial charge in [0, 0.05) is 37.9 Å². The van der Waals surface area contributed by atoms with Crippen molar-refractivity contribution in [2.75, 3.05) is 38.3 Å². The van der Waals surface area contributed by atoms with Gasteiger partial charge in [-0.15, -0.1) is 0 Å². The maximum absolute atomic E-state index is 14.0. The van der Waals surface area contributed by atoms with Gasteiger partial charge in [0.05, 0.1) is 11.3 Å². The number of hydrogen-bond donors (Lipinski definition) is 0. The highest BCUT2D eigenvalue weighted by Crippen LogP contribution is 2.45. The summed E-state index contributed by atoms with van der Waals surface area (Å²) in [5.41, 5.74) is -2.51. The first-order valence-electron chi connectivity index (χ1n) is 12.8. The lowest BCUT2D eigenvalue weighted by molar-refractivity contribution is -0.193. The number of anilines is 1. The molecule has 0 spiro atoms. The molecule has 0 N–H and O–H groups in total. The van der Waals surface area contributed by atoms with Gasteiger partial charge in [-0.25, -0.2) is 9.59 Å². The molecule has 2 saturated heterocycles. The van der Waals surface area contributed by atoms with Crippen molar-refractivity contribution in [3.05, 3.63) is 23.3 Å². The second-order valence-corrected chi connectivity index (χ2v) is 10.9. The zero-order chi connectivity index (χ0) is 30.0. The van der Waals surface area contributed by atoms with Crippen LogP contribution in [-0.2, 0) is 24.5 Å². The van der Waals surface area contributed by atoms with Gasteiger partial charge >= 0.3 is 30.2 Å². The summed E-state index contributed by atoms with van der Waals surface area (Å²) in [6.07, 6.45) is -10.2. The molecule has 2 heterocycles. The monoisotopic (exact) mass is 582 g/mol. The number of carbonyl (C=O) groups excluding carboxylic acids is 3. The molecule has 0 aliphatic carbocycles. The van der Waals surface area contributed by atoms with Gasteiger partial charge in [0.2, 0.25) is 0 Å². The average molecular weight is 583 g/mol. The first kappa shape index (κ1) is 31.7. The Morgan fingerprint density at radius 1 is 0.925 bits per heavy atom. The average Bonchev–Trinajstić information content (AvgIpc) is 2.84. The Morgan fingerprint density at radius 2 is 1.50 bits per heavy atom. The molecule has 0 aromatic heterocycles. The van der Waals surface area contributed by atoms with Crippen molar-refractivity contribution in [3.63, 3.8) is 0 Å². The quantitative estimate of drug-likeness (QED) is 0.281. The molecule has 0 unspecified atom stereocenters. The molecule has 224 valence electrons. The second kappa shape index (κ2) is 11.9. The van der Waals surface area contributed by atoms with E-state index in [0.29, 0.717) is 30.8 Å². The zero-order valence-corrected chi connectivity index (χ0v) is 22.6. The van der Waals surface area contributed by atoms with Crippen LogP contribution in [0.25, 0.3) is 0 Å². The molecule has 1 aromatic rings. The zero-order valence-electron chi connectivity index (χ0n) is 22.6. The topological polar surface area (TPSA) is 85.4 Å². The van der Waals surface area contributed by atoms with E-state index < -0.39 is 52.9 Å². The Morgan fingerprint density at radius 3 is 2.00 bits per heavy atom. The van der Waals surface area contributed by atoms with Crippen LogP contribution in [0.1, 0.15) is 62.4 Å². The van der Waals surface area contributed by atoms with E-state index in [-0.39, 0.29) is 43.5 Å². The molecule has 0 bridgehead atoms.